The number of carboxylic acids is 1. The molecule has 2 unspecified atom stereocenters. The van der Waals surface area contributed by atoms with Gasteiger partial charge in [-0.3, -0.25) is 9.59 Å². The SMILES string of the molecule is CC(O)C(=O)OC(=O)CC(O)(CC(=O)OC(=O)C(C)O)C(=O)O.[CaH2]. The molecular weight excluding hydrogens is 360 g/mol. The van der Waals surface area contributed by atoms with Gasteiger partial charge in [0.15, 0.2) is 5.60 Å². The van der Waals surface area contributed by atoms with Crippen molar-refractivity contribution in [2.75, 3.05) is 0 Å². The Hall–Kier alpha value is -1.11. The number of hydrogen-bond acceptors (Lipinski definition) is 10. The van der Waals surface area contributed by atoms with Gasteiger partial charge in [0.25, 0.3) is 0 Å². The summed E-state index contributed by atoms with van der Waals surface area (Å²) < 4.78 is 8.10. The van der Waals surface area contributed by atoms with Crippen molar-refractivity contribution in [1.82, 2.24) is 0 Å². The molecule has 0 saturated carbocycles. The first-order valence-electron chi connectivity index (χ1n) is 6.20. The van der Waals surface area contributed by atoms with Crippen molar-refractivity contribution >= 4 is 67.6 Å². The van der Waals surface area contributed by atoms with Gasteiger partial charge in [0, 0.05) is 0 Å². The van der Waals surface area contributed by atoms with Crippen LogP contribution in [0.2, 0.25) is 0 Å². The van der Waals surface area contributed by atoms with Gasteiger partial charge in [-0.25, -0.2) is 14.4 Å². The first-order valence-corrected chi connectivity index (χ1v) is 6.20. The van der Waals surface area contributed by atoms with Crippen LogP contribution in [0.3, 0.4) is 0 Å². The average Bonchev–Trinajstić information content (AvgIpc) is 2.37. The van der Waals surface area contributed by atoms with Gasteiger partial charge in [-0.05, 0) is 13.8 Å². The Kier molecular flexibility index (Phi) is 11.2. The fourth-order valence-corrected chi connectivity index (χ4v) is 1.16. The quantitative estimate of drug-likeness (QED) is 0.196. The zero-order valence-electron chi connectivity index (χ0n) is 12.2. The Morgan fingerprint density at radius 2 is 1.17 bits per heavy atom. The number of aliphatic hydroxyl groups excluding tert-OH is 2. The van der Waals surface area contributed by atoms with Crippen LogP contribution in [0.4, 0.5) is 0 Å². The Morgan fingerprint density at radius 1 is 0.875 bits per heavy atom. The average molecular weight is 378 g/mol. The second-order valence-corrected chi connectivity index (χ2v) is 4.63. The molecule has 134 valence electrons. The summed E-state index contributed by atoms with van der Waals surface area (Å²) in [5.74, 6) is -7.81. The van der Waals surface area contributed by atoms with Crippen molar-refractivity contribution in [1.29, 1.82) is 0 Å². The van der Waals surface area contributed by atoms with Crippen molar-refractivity contribution in [3.63, 3.8) is 0 Å². The fraction of sp³-hybridized carbons (Fsp3) is 0.583. The van der Waals surface area contributed by atoms with Crippen LogP contribution >= 0.6 is 0 Å². The van der Waals surface area contributed by atoms with Crippen molar-refractivity contribution in [2.24, 2.45) is 0 Å². The molecule has 0 fully saturated rings. The van der Waals surface area contributed by atoms with E-state index in [0.29, 0.717) is 0 Å². The van der Waals surface area contributed by atoms with Crippen molar-refractivity contribution < 1.29 is 53.9 Å². The second kappa shape index (κ2) is 10.7. The van der Waals surface area contributed by atoms with Gasteiger partial charge in [0.2, 0.25) is 0 Å². The summed E-state index contributed by atoms with van der Waals surface area (Å²) in [6.45, 7) is 1.97. The number of hydrogen-bond donors (Lipinski definition) is 4. The molecule has 0 aliphatic heterocycles. The molecule has 0 aromatic carbocycles. The van der Waals surface area contributed by atoms with E-state index in [1.54, 1.807) is 0 Å². The van der Waals surface area contributed by atoms with E-state index < -0.39 is 60.5 Å². The van der Waals surface area contributed by atoms with E-state index in [-0.39, 0.29) is 37.7 Å². The molecule has 0 aromatic heterocycles. The normalized spacial score (nSPS) is 15.0. The van der Waals surface area contributed by atoms with Crippen molar-refractivity contribution in [3.05, 3.63) is 0 Å². The van der Waals surface area contributed by atoms with Crippen LogP contribution in [0.15, 0.2) is 0 Å². The minimum atomic E-state index is -3.01. The summed E-state index contributed by atoms with van der Waals surface area (Å²) in [4.78, 5) is 55.6. The zero-order valence-corrected chi connectivity index (χ0v) is 12.2. The molecule has 0 rings (SSSR count). The van der Waals surface area contributed by atoms with Gasteiger partial charge in [-0.1, -0.05) is 0 Å². The number of carbonyl (C=O) groups excluding carboxylic acids is 4. The number of carboxylic acid groups (broad SMARTS) is 1. The van der Waals surface area contributed by atoms with Gasteiger partial charge in [-0.15, -0.1) is 0 Å². The first kappa shape index (κ1) is 25.1. The Bertz CT molecular complexity index is 475. The first-order chi connectivity index (χ1) is 10.4. The van der Waals surface area contributed by atoms with Crippen LogP contribution < -0.4 is 0 Å². The Balaban J connectivity index is 0. The molecule has 0 heterocycles. The fourth-order valence-electron chi connectivity index (χ4n) is 1.16. The molecule has 0 spiro atoms. The molecule has 0 aromatic rings. The summed E-state index contributed by atoms with van der Waals surface area (Å²) in [6, 6.07) is 0. The van der Waals surface area contributed by atoms with Crippen LogP contribution in [0.1, 0.15) is 26.7 Å². The van der Waals surface area contributed by atoms with E-state index in [0.717, 1.165) is 13.8 Å². The number of ether oxygens (including phenoxy) is 2. The zero-order chi connectivity index (χ0) is 18.4. The molecule has 0 saturated heterocycles. The molecule has 4 N–H and O–H groups in total. The maximum absolute atomic E-state index is 11.4. The van der Waals surface area contributed by atoms with E-state index in [9.17, 15) is 29.1 Å². The van der Waals surface area contributed by atoms with Crippen LogP contribution in [0.5, 0.6) is 0 Å². The monoisotopic (exact) mass is 378 g/mol. The van der Waals surface area contributed by atoms with E-state index >= 15 is 0 Å². The number of aliphatic hydroxyl groups is 3. The summed E-state index contributed by atoms with van der Waals surface area (Å²) in [5, 5.41) is 36.3. The van der Waals surface area contributed by atoms with Crippen LogP contribution in [-0.4, -0.2) is 106 Å². The molecule has 0 amide bonds. The Labute approximate surface area is 165 Å². The van der Waals surface area contributed by atoms with Gasteiger partial charge in [0.1, 0.15) is 12.2 Å². The van der Waals surface area contributed by atoms with E-state index in [2.05, 4.69) is 9.47 Å². The third-order valence-corrected chi connectivity index (χ3v) is 2.38. The molecule has 0 radical (unpaired) electrons. The predicted molar refractivity (Wildman–Crippen MR) is 75.9 cm³/mol. The van der Waals surface area contributed by atoms with Crippen LogP contribution in [0, 0.1) is 0 Å². The second-order valence-electron chi connectivity index (χ2n) is 4.63. The topological polar surface area (TPSA) is 185 Å². The van der Waals surface area contributed by atoms with E-state index in [1.807, 2.05) is 0 Å². The molecule has 11 nitrogen and oxygen atoms in total. The molecule has 24 heavy (non-hydrogen) atoms. The van der Waals surface area contributed by atoms with Gasteiger partial charge >= 0.3 is 67.6 Å². The number of esters is 4. The number of carbonyl (C=O) groups is 5. The summed E-state index contributed by atoms with van der Waals surface area (Å²) in [5.41, 5.74) is -3.01. The molecule has 12 heteroatoms. The third kappa shape index (κ3) is 8.66. The summed E-state index contributed by atoms with van der Waals surface area (Å²) >= 11 is 0. The Morgan fingerprint density at radius 3 is 1.38 bits per heavy atom. The van der Waals surface area contributed by atoms with Crippen molar-refractivity contribution in [2.45, 2.75) is 44.5 Å². The summed E-state index contributed by atoms with van der Waals surface area (Å²) in [6.07, 6.45) is -5.96. The van der Waals surface area contributed by atoms with Gasteiger partial charge in [0.05, 0.1) is 12.8 Å². The molecule has 2 atom stereocenters. The van der Waals surface area contributed by atoms with Gasteiger partial charge in [-0.2, -0.15) is 0 Å². The third-order valence-electron chi connectivity index (χ3n) is 2.38. The van der Waals surface area contributed by atoms with Crippen molar-refractivity contribution in [3.8, 4) is 0 Å². The molecule has 0 aliphatic carbocycles. The number of rotatable bonds is 7. The minimum absolute atomic E-state index is 0. The molecule has 0 aliphatic rings. The standard InChI is InChI=1S/C12H16O11.Ca.2H/c1-5(13)9(17)22-7(15)3-12(21,11(19)20)4-8(16)23-10(18)6(2)14;;;/h5-6,13-14,21H,3-4H2,1-2H3,(H,19,20);;;. The van der Waals surface area contributed by atoms with Crippen LogP contribution in [-0.2, 0) is 33.4 Å². The predicted octanol–water partition coefficient (Wildman–Crippen LogP) is -3.43. The van der Waals surface area contributed by atoms with Crippen LogP contribution in [0.25, 0.3) is 0 Å². The number of aliphatic carboxylic acids is 1. The van der Waals surface area contributed by atoms with E-state index in [1.165, 1.54) is 0 Å². The maximum atomic E-state index is 11.4. The molecule has 0 bridgehead atoms. The van der Waals surface area contributed by atoms with Gasteiger partial charge < -0.3 is 29.9 Å². The summed E-state index contributed by atoms with van der Waals surface area (Å²) in [7, 11) is 0. The van der Waals surface area contributed by atoms with E-state index in [4.69, 9.17) is 15.3 Å². The molecular formula is C12H18CaO11.